The highest BCUT2D eigenvalue weighted by Crippen LogP contribution is 2.34. The molecule has 2 rings (SSSR count). The Kier molecular flexibility index (Phi) is 8.10. The number of amides is 1. The Morgan fingerprint density at radius 2 is 1.93 bits per heavy atom. The van der Waals surface area contributed by atoms with Gasteiger partial charge >= 0.3 is 17.9 Å². The van der Waals surface area contributed by atoms with Gasteiger partial charge in [-0.25, -0.2) is 9.59 Å². The molecule has 2 aromatic rings. The van der Waals surface area contributed by atoms with E-state index in [9.17, 15) is 19.2 Å². The second-order valence-electron chi connectivity index (χ2n) is 6.15. The molecular formula is C19H23N3O7S. The second kappa shape index (κ2) is 10.5. The Bertz CT molecular complexity index is 948. The summed E-state index contributed by atoms with van der Waals surface area (Å²) in [5.41, 5.74) is 0.559. The van der Waals surface area contributed by atoms with Crippen molar-refractivity contribution in [2.24, 2.45) is 0 Å². The molecule has 11 heteroatoms. The average molecular weight is 437 g/mol. The molecule has 0 atom stereocenters. The van der Waals surface area contributed by atoms with Crippen molar-refractivity contribution in [3.63, 3.8) is 0 Å². The van der Waals surface area contributed by atoms with Crippen LogP contribution in [0.4, 0.5) is 5.00 Å². The monoisotopic (exact) mass is 437 g/mol. The number of aromatic nitrogens is 2. The molecule has 30 heavy (non-hydrogen) atoms. The number of hydrogen-bond donors (Lipinski definition) is 2. The van der Waals surface area contributed by atoms with E-state index in [1.54, 1.807) is 13.8 Å². The summed E-state index contributed by atoms with van der Waals surface area (Å²) in [6.45, 7) is 5.46. The van der Waals surface area contributed by atoms with E-state index in [1.807, 2.05) is 6.92 Å². The summed E-state index contributed by atoms with van der Waals surface area (Å²) in [5, 5.41) is 15.6. The van der Waals surface area contributed by atoms with E-state index >= 15 is 0 Å². The van der Waals surface area contributed by atoms with Crippen LogP contribution >= 0.6 is 11.3 Å². The molecule has 0 aliphatic carbocycles. The van der Waals surface area contributed by atoms with Crippen LogP contribution in [0.2, 0.25) is 0 Å². The molecule has 0 radical (unpaired) electrons. The molecule has 0 aromatic carbocycles. The maximum absolute atomic E-state index is 12.8. The first kappa shape index (κ1) is 23.1. The average Bonchev–Trinajstić information content (AvgIpc) is 3.29. The first-order chi connectivity index (χ1) is 14.3. The van der Waals surface area contributed by atoms with Gasteiger partial charge in [0.15, 0.2) is 0 Å². The number of rotatable bonds is 10. The Labute approximate surface area is 176 Å². The van der Waals surface area contributed by atoms with Crippen molar-refractivity contribution in [3.8, 4) is 0 Å². The lowest BCUT2D eigenvalue weighted by Crippen LogP contribution is -2.20. The number of carbonyl (C=O) groups is 4. The van der Waals surface area contributed by atoms with Crippen molar-refractivity contribution >= 4 is 40.2 Å². The predicted molar refractivity (Wildman–Crippen MR) is 108 cm³/mol. The van der Waals surface area contributed by atoms with Gasteiger partial charge in [0.1, 0.15) is 15.6 Å². The van der Waals surface area contributed by atoms with Crippen LogP contribution in [0.25, 0.3) is 0 Å². The van der Waals surface area contributed by atoms with Crippen LogP contribution < -0.4 is 5.32 Å². The van der Waals surface area contributed by atoms with Gasteiger partial charge in [-0.3, -0.25) is 14.3 Å². The minimum Gasteiger partial charge on any atom is -0.481 e. The van der Waals surface area contributed by atoms with E-state index in [-0.39, 0.29) is 47.3 Å². The fourth-order valence-corrected chi connectivity index (χ4v) is 3.66. The first-order valence-corrected chi connectivity index (χ1v) is 10.1. The zero-order valence-electron chi connectivity index (χ0n) is 16.9. The zero-order valence-corrected chi connectivity index (χ0v) is 17.7. The summed E-state index contributed by atoms with van der Waals surface area (Å²) in [6, 6.07) is 1.43. The lowest BCUT2D eigenvalue weighted by atomic mass is 10.1. The van der Waals surface area contributed by atoms with Gasteiger partial charge in [0.25, 0.3) is 5.91 Å². The third kappa shape index (κ3) is 5.44. The number of carbonyl (C=O) groups excluding carboxylic acids is 3. The maximum Gasteiger partial charge on any atom is 0.348 e. The highest BCUT2D eigenvalue weighted by molar-refractivity contribution is 7.18. The van der Waals surface area contributed by atoms with Gasteiger partial charge in [-0.05, 0) is 31.9 Å². The lowest BCUT2D eigenvalue weighted by Gasteiger charge is -2.09. The summed E-state index contributed by atoms with van der Waals surface area (Å²) >= 11 is 0.915. The number of carboxylic acids is 1. The van der Waals surface area contributed by atoms with Crippen molar-refractivity contribution in [2.45, 2.75) is 40.2 Å². The molecule has 0 unspecified atom stereocenters. The number of nitrogens with one attached hydrogen (secondary N) is 1. The Balaban J connectivity index is 2.35. The molecule has 2 aromatic heterocycles. The third-order valence-electron chi connectivity index (χ3n) is 3.96. The van der Waals surface area contributed by atoms with Gasteiger partial charge < -0.3 is 19.9 Å². The van der Waals surface area contributed by atoms with Gasteiger partial charge in [0, 0.05) is 6.20 Å². The molecular weight excluding hydrogens is 414 g/mol. The van der Waals surface area contributed by atoms with Crippen LogP contribution in [0.3, 0.4) is 0 Å². The van der Waals surface area contributed by atoms with E-state index < -0.39 is 23.8 Å². The van der Waals surface area contributed by atoms with Crippen molar-refractivity contribution in [3.05, 3.63) is 34.0 Å². The lowest BCUT2D eigenvalue weighted by molar-refractivity contribution is -0.137. The number of ether oxygens (including phenoxy) is 2. The molecule has 0 saturated carbocycles. The van der Waals surface area contributed by atoms with E-state index in [0.29, 0.717) is 12.0 Å². The normalized spacial score (nSPS) is 10.5. The molecule has 0 spiro atoms. The standard InChI is InChI=1S/C19H23N3O7S/c1-4-10-29-18(26)14-11(3)15(19(27)28-5-2)30-17(14)21-16(25)12-6-8-20-22(12)9-7-13(23)24/h6,8H,4-5,7,9-10H2,1-3H3,(H,21,25)(H,23,24). The summed E-state index contributed by atoms with van der Waals surface area (Å²) < 4.78 is 11.5. The quantitative estimate of drug-likeness (QED) is 0.541. The van der Waals surface area contributed by atoms with Crippen LogP contribution in [0.1, 0.15) is 62.8 Å². The molecule has 2 N–H and O–H groups in total. The number of esters is 2. The summed E-state index contributed by atoms with van der Waals surface area (Å²) in [6.07, 6.45) is 1.78. The molecule has 2 heterocycles. The second-order valence-corrected chi connectivity index (χ2v) is 7.17. The van der Waals surface area contributed by atoms with Gasteiger partial charge in [-0.1, -0.05) is 6.92 Å². The van der Waals surface area contributed by atoms with Gasteiger partial charge in [0.2, 0.25) is 0 Å². The number of aliphatic carboxylic acids is 1. The molecule has 162 valence electrons. The zero-order chi connectivity index (χ0) is 22.3. The number of hydrogen-bond acceptors (Lipinski definition) is 8. The number of carboxylic acid groups (broad SMARTS) is 1. The highest BCUT2D eigenvalue weighted by Gasteiger charge is 2.28. The Morgan fingerprint density at radius 1 is 1.20 bits per heavy atom. The third-order valence-corrected chi connectivity index (χ3v) is 5.15. The van der Waals surface area contributed by atoms with Gasteiger partial charge in [0.05, 0.1) is 31.7 Å². The van der Waals surface area contributed by atoms with Crippen molar-refractivity contribution in [2.75, 3.05) is 18.5 Å². The molecule has 0 fully saturated rings. The van der Waals surface area contributed by atoms with Crippen molar-refractivity contribution in [1.29, 1.82) is 0 Å². The largest absolute Gasteiger partial charge is 0.481 e. The van der Waals surface area contributed by atoms with Crippen LogP contribution in [0.5, 0.6) is 0 Å². The summed E-state index contributed by atoms with van der Waals surface area (Å²) in [4.78, 5) is 48.5. The van der Waals surface area contributed by atoms with Crippen molar-refractivity contribution in [1.82, 2.24) is 9.78 Å². The minimum atomic E-state index is -1.02. The van der Waals surface area contributed by atoms with Crippen LogP contribution in [-0.4, -0.2) is 51.9 Å². The Morgan fingerprint density at radius 3 is 2.57 bits per heavy atom. The molecule has 10 nitrogen and oxygen atoms in total. The van der Waals surface area contributed by atoms with Gasteiger partial charge in [-0.15, -0.1) is 11.3 Å². The van der Waals surface area contributed by atoms with E-state index in [0.717, 1.165) is 11.3 Å². The fourth-order valence-electron chi connectivity index (χ4n) is 2.58. The Hall–Kier alpha value is -3.21. The van der Waals surface area contributed by atoms with E-state index in [4.69, 9.17) is 14.6 Å². The van der Waals surface area contributed by atoms with E-state index in [2.05, 4.69) is 10.4 Å². The van der Waals surface area contributed by atoms with Crippen LogP contribution in [0.15, 0.2) is 12.3 Å². The first-order valence-electron chi connectivity index (χ1n) is 9.32. The molecule has 0 bridgehead atoms. The topological polar surface area (TPSA) is 137 Å². The SMILES string of the molecule is CCCOC(=O)c1c(NC(=O)c2ccnn2CCC(=O)O)sc(C(=O)OCC)c1C. The van der Waals surface area contributed by atoms with Crippen LogP contribution in [-0.2, 0) is 20.8 Å². The molecule has 0 aliphatic rings. The number of anilines is 1. The minimum absolute atomic E-state index is 0.00797. The van der Waals surface area contributed by atoms with Gasteiger partial charge in [-0.2, -0.15) is 5.10 Å². The smallest absolute Gasteiger partial charge is 0.348 e. The maximum atomic E-state index is 12.8. The number of aryl methyl sites for hydroxylation is 1. The molecule has 1 amide bonds. The van der Waals surface area contributed by atoms with Crippen LogP contribution in [0, 0.1) is 6.92 Å². The highest BCUT2D eigenvalue weighted by atomic mass is 32.1. The van der Waals surface area contributed by atoms with E-state index in [1.165, 1.54) is 16.9 Å². The fraction of sp³-hybridized carbons (Fsp3) is 0.421. The summed E-state index contributed by atoms with van der Waals surface area (Å²) in [7, 11) is 0. The molecule has 0 saturated heterocycles. The molecule has 0 aliphatic heterocycles. The number of thiophene rings is 1. The number of nitrogens with zero attached hydrogens (tertiary/aromatic N) is 2. The summed E-state index contributed by atoms with van der Waals surface area (Å²) in [5.74, 6) is -2.88. The van der Waals surface area contributed by atoms with Crippen molar-refractivity contribution < 1.29 is 33.8 Å². The predicted octanol–water partition coefficient (Wildman–Crippen LogP) is 2.72.